The Labute approximate surface area is 142 Å². The lowest BCUT2D eigenvalue weighted by molar-refractivity contribution is -0.142. The third-order valence-corrected chi connectivity index (χ3v) is 3.52. The van der Waals surface area contributed by atoms with Crippen LogP contribution in [0.2, 0.25) is 5.15 Å². The molecule has 0 unspecified atom stereocenters. The number of aliphatic hydroxyl groups excluding tert-OH is 1. The van der Waals surface area contributed by atoms with Crippen molar-refractivity contribution in [2.24, 2.45) is 5.41 Å². The molecule has 0 saturated heterocycles. The Hall–Kier alpha value is -1.80. The van der Waals surface area contributed by atoms with Crippen molar-refractivity contribution >= 4 is 17.3 Å². The molecule has 0 radical (unpaired) electrons. The van der Waals surface area contributed by atoms with Crippen LogP contribution in [0.1, 0.15) is 13.8 Å². The van der Waals surface area contributed by atoms with E-state index in [0.717, 1.165) is 4.68 Å². The van der Waals surface area contributed by atoms with E-state index in [2.05, 4.69) is 15.4 Å². The lowest BCUT2D eigenvalue weighted by atomic mass is 9.95. The largest absolute Gasteiger partial charge is 0.408 e. The van der Waals surface area contributed by atoms with Gasteiger partial charge in [0.1, 0.15) is 11.7 Å². The Morgan fingerprint density at radius 1 is 1.33 bits per heavy atom. The predicted molar refractivity (Wildman–Crippen MR) is 85.9 cm³/mol. The first-order valence-corrected chi connectivity index (χ1v) is 7.58. The Kier molecular flexibility index (Phi) is 5.39. The lowest BCUT2D eigenvalue weighted by Crippen LogP contribution is -2.27. The van der Waals surface area contributed by atoms with Crippen molar-refractivity contribution < 1.29 is 18.3 Å². The fourth-order valence-electron chi connectivity index (χ4n) is 1.95. The minimum absolute atomic E-state index is 0.0195. The van der Waals surface area contributed by atoms with Crippen LogP contribution in [0.25, 0.3) is 11.3 Å². The SMILES string of the molecule is CC(C)(CO)CNc1cc(Cl)ncc1-c1ccn(CC(F)(F)F)n1. The summed E-state index contributed by atoms with van der Waals surface area (Å²) < 4.78 is 38.2. The van der Waals surface area contributed by atoms with Gasteiger partial charge in [0.2, 0.25) is 0 Å². The average Bonchev–Trinajstić information content (AvgIpc) is 2.91. The number of nitrogens with one attached hydrogen (secondary N) is 1. The van der Waals surface area contributed by atoms with E-state index in [1.807, 2.05) is 13.8 Å². The molecule has 0 saturated carbocycles. The smallest absolute Gasteiger partial charge is 0.396 e. The molecule has 0 aliphatic carbocycles. The first-order valence-electron chi connectivity index (χ1n) is 7.20. The van der Waals surface area contributed by atoms with Crippen molar-refractivity contribution in [3.8, 4) is 11.3 Å². The van der Waals surface area contributed by atoms with Crippen LogP contribution >= 0.6 is 11.6 Å². The van der Waals surface area contributed by atoms with Crippen LogP contribution in [0.4, 0.5) is 18.9 Å². The summed E-state index contributed by atoms with van der Waals surface area (Å²) in [6.07, 6.45) is -1.62. The highest BCUT2D eigenvalue weighted by Crippen LogP contribution is 2.29. The minimum Gasteiger partial charge on any atom is -0.396 e. The molecule has 0 atom stereocenters. The molecule has 2 rings (SSSR count). The van der Waals surface area contributed by atoms with E-state index < -0.39 is 12.7 Å². The maximum atomic E-state index is 12.4. The lowest BCUT2D eigenvalue weighted by Gasteiger charge is -2.23. The van der Waals surface area contributed by atoms with Crippen LogP contribution in [-0.2, 0) is 6.54 Å². The second-order valence-corrected chi connectivity index (χ2v) is 6.63. The number of halogens is 4. The van der Waals surface area contributed by atoms with Crippen LogP contribution in [-0.4, -0.2) is 39.2 Å². The number of hydrogen-bond acceptors (Lipinski definition) is 4. The monoisotopic (exact) mass is 362 g/mol. The van der Waals surface area contributed by atoms with Gasteiger partial charge in [-0.05, 0) is 12.1 Å². The zero-order valence-electron chi connectivity index (χ0n) is 13.2. The minimum atomic E-state index is -4.34. The molecule has 2 aromatic heterocycles. The van der Waals surface area contributed by atoms with Crippen LogP contribution in [0, 0.1) is 5.41 Å². The number of aliphatic hydroxyl groups is 1. The molecule has 2 N–H and O–H groups in total. The normalized spacial score (nSPS) is 12.5. The highest BCUT2D eigenvalue weighted by Gasteiger charge is 2.28. The summed E-state index contributed by atoms with van der Waals surface area (Å²) in [7, 11) is 0. The molecule has 0 aromatic carbocycles. The summed E-state index contributed by atoms with van der Waals surface area (Å²) in [6.45, 7) is 3.02. The average molecular weight is 363 g/mol. The molecule has 5 nitrogen and oxygen atoms in total. The van der Waals surface area contributed by atoms with Crippen molar-refractivity contribution in [1.29, 1.82) is 0 Å². The van der Waals surface area contributed by atoms with Crippen LogP contribution in [0.3, 0.4) is 0 Å². The summed E-state index contributed by atoms with van der Waals surface area (Å²) in [6, 6.07) is 3.06. The van der Waals surface area contributed by atoms with Crippen molar-refractivity contribution in [3.05, 3.63) is 29.7 Å². The van der Waals surface area contributed by atoms with Crippen LogP contribution in [0.5, 0.6) is 0 Å². The van der Waals surface area contributed by atoms with E-state index in [0.29, 0.717) is 23.5 Å². The van der Waals surface area contributed by atoms with Crippen molar-refractivity contribution in [2.75, 3.05) is 18.5 Å². The van der Waals surface area contributed by atoms with Gasteiger partial charge in [-0.1, -0.05) is 25.4 Å². The molecular weight excluding hydrogens is 345 g/mol. The fourth-order valence-corrected chi connectivity index (χ4v) is 2.11. The highest BCUT2D eigenvalue weighted by atomic mass is 35.5. The maximum absolute atomic E-state index is 12.4. The Morgan fingerprint density at radius 2 is 2.04 bits per heavy atom. The number of nitrogens with zero attached hydrogens (tertiary/aromatic N) is 3. The topological polar surface area (TPSA) is 63.0 Å². The van der Waals surface area contributed by atoms with Gasteiger partial charge in [-0.15, -0.1) is 0 Å². The van der Waals surface area contributed by atoms with E-state index in [1.54, 1.807) is 6.07 Å². The molecule has 0 amide bonds. The fraction of sp³-hybridized carbons (Fsp3) is 0.467. The van der Waals surface area contributed by atoms with Crippen LogP contribution < -0.4 is 5.32 Å². The summed E-state index contributed by atoms with van der Waals surface area (Å²) in [5, 5.41) is 16.7. The summed E-state index contributed by atoms with van der Waals surface area (Å²) in [5.74, 6) is 0. The van der Waals surface area contributed by atoms with Crippen molar-refractivity contribution in [1.82, 2.24) is 14.8 Å². The number of hydrogen-bond donors (Lipinski definition) is 2. The molecule has 0 fully saturated rings. The van der Waals surface area contributed by atoms with E-state index in [1.165, 1.54) is 18.5 Å². The third-order valence-electron chi connectivity index (χ3n) is 3.31. The summed E-state index contributed by atoms with van der Waals surface area (Å²) in [5.41, 5.74) is 1.11. The first kappa shape index (κ1) is 18.5. The molecule has 0 bridgehead atoms. The number of anilines is 1. The second kappa shape index (κ2) is 6.98. The Bertz CT molecular complexity index is 700. The number of rotatable bonds is 6. The van der Waals surface area contributed by atoms with E-state index in [4.69, 9.17) is 11.6 Å². The summed E-state index contributed by atoms with van der Waals surface area (Å²) in [4.78, 5) is 3.97. The maximum Gasteiger partial charge on any atom is 0.408 e. The molecule has 0 aliphatic heterocycles. The van der Waals surface area contributed by atoms with E-state index >= 15 is 0 Å². The highest BCUT2D eigenvalue weighted by molar-refractivity contribution is 6.29. The molecule has 0 spiro atoms. The van der Waals surface area contributed by atoms with E-state index in [9.17, 15) is 18.3 Å². The van der Waals surface area contributed by atoms with E-state index in [-0.39, 0.29) is 17.2 Å². The van der Waals surface area contributed by atoms with Gasteiger partial charge in [0.05, 0.1) is 5.69 Å². The second-order valence-electron chi connectivity index (χ2n) is 6.24. The van der Waals surface area contributed by atoms with Gasteiger partial charge >= 0.3 is 6.18 Å². The standard InChI is InChI=1S/C15H18ClF3N4O/c1-14(2,9-24)7-21-12-5-13(16)20-6-10(12)11-3-4-23(22-11)8-15(17,18)19/h3-6,24H,7-9H2,1-2H3,(H,20,21). The van der Waals surface area contributed by atoms with Gasteiger partial charge in [0.25, 0.3) is 0 Å². The first-order chi connectivity index (χ1) is 11.1. The van der Waals surface area contributed by atoms with Crippen LogP contribution in [0.15, 0.2) is 24.5 Å². The van der Waals surface area contributed by atoms with Crippen molar-refractivity contribution in [2.45, 2.75) is 26.6 Å². The van der Waals surface area contributed by atoms with Gasteiger partial charge in [-0.25, -0.2) is 4.98 Å². The van der Waals surface area contributed by atoms with Gasteiger partial charge in [0.15, 0.2) is 0 Å². The quantitative estimate of drug-likeness (QED) is 0.771. The van der Waals surface area contributed by atoms with Gasteiger partial charge in [-0.2, -0.15) is 18.3 Å². The molecule has 24 heavy (non-hydrogen) atoms. The zero-order valence-corrected chi connectivity index (χ0v) is 14.0. The predicted octanol–water partition coefficient (Wildman–Crippen LogP) is 3.59. The number of pyridine rings is 1. The molecule has 9 heteroatoms. The molecule has 132 valence electrons. The molecule has 2 aromatic rings. The molecular formula is C15H18ClF3N4O. The molecule has 0 aliphatic rings. The van der Waals surface area contributed by atoms with Crippen molar-refractivity contribution in [3.63, 3.8) is 0 Å². The Balaban J connectivity index is 2.27. The summed E-state index contributed by atoms with van der Waals surface area (Å²) >= 11 is 5.91. The number of aromatic nitrogens is 3. The van der Waals surface area contributed by atoms with Gasteiger partial charge < -0.3 is 10.4 Å². The molecule has 2 heterocycles. The van der Waals surface area contributed by atoms with Gasteiger partial charge in [-0.3, -0.25) is 4.68 Å². The third kappa shape index (κ3) is 5.10. The Morgan fingerprint density at radius 3 is 2.67 bits per heavy atom. The number of alkyl halides is 3. The zero-order chi connectivity index (χ0) is 18.0. The van der Waals surface area contributed by atoms with Gasteiger partial charge in [0, 0.05) is 42.2 Å².